The van der Waals surface area contributed by atoms with Crippen LogP contribution >= 0.6 is 0 Å². The minimum atomic E-state index is 0.179. The van der Waals surface area contributed by atoms with E-state index in [0.29, 0.717) is 12.5 Å². The zero-order chi connectivity index (χ0) is 16.4. The van der Waals surface area contributed by atoms with Crippen LogP contribution in [0.15, 0.2) is 55.2 Å². The molecule has 0 spiro atoms. The van der Waals surface area contributed by atoms with Crippen LogP contribution in [-0.2, 0) is 11.2 Å². The molecular formula is C19H20N4O. The lowest BCUT2D eigenvalue weighted by Crippen LogP contribution is -2.41. The van der Waals surface area contributed by atoms with Gasteiger partial charge in [-0.3, -0.25) is 9.78 Å². The van der Waals surface area contributed by atoms with Crippen LogP contribution in [0, 0.1) is 0 Å². The minimum absolute atomic E-state index is 0.179. The first-order valence-electron chi connectivity index (χ1n) is 8.39. The average molecular weight is 320 g/mol. The molecule has 4 rings (SSSR count). The number of hydrogen-bond acceptors (Lipinski definition) is 3. The van der Waals surface area contributed by atoms with Crippen LogP contribution in [0.3, 0.4) is 0 Å². The lowest BCUT2D eigenvalue weighted by molar-refractivity contribution is -0.132. The number of amides is 1. The van der Waals surface area contributed by atoms with Gasteiger partial charge in [-0.05, 0) is 24.5 Å². The first-order valence-corrected chi connectivity index (χ1v) is 8.39. The molecule has 5 heteroatoms. The fourth-order valence-electron chi connectivity index (χ4n) is 3.49. The second kappa shape index (κ2) is 6.43. The molecule has 1 aromatic carbocycles. The number of piperidine rings is 1. The van der Waals surface area contributed by atoms with Crippen LogP contribution in [0.4, 0.5) is 0 Å². The SMILES string of the molecule is O=C(Cc1cccc2cccnc12)N1CCCC(n2ccnc2)C1. The van der Waals surface area contributed by atoms with Crippen LogP contribution in [0.25, 0.3) is 10.9 Å². The van der Waals surface area contributed by atoms with E-state index in [1.807, 2.05) is 47.8 Å². The van der Waals surface area contributed by atoms with Crippen LogP contribution in [0.5, 0.6) is 0 Å². The summed E-state index contributed by atoms with van der Waals surface area (Å²) < 4.78 is 2.11. The van der Waals surface area contributed by atoms with Crippen molar-refractivity contribution in [1.29, 1.82) is 0 Å². The van der Waals surface area contributed by atoms with Crippen molar-refractivity contribution in [3.05, 3.63) is 60.8 Å². The van der Waals surface area contributed by atoms with E-state index >= 15 is 0 Å². The Balaban J connectivity index is 1.51. The standard InChI is InChI=1S/C19H20N4O/c24-18(12-16-5-1-4-15-6-2-8-21-19(15)16)22-10-3-7-17(13-22)23-11-9-20-14-23/h1-2,4-6,8-9,11,14,17H,3,7,10,12-13H2. The summed E-state index contributed by atoms with van der Waals surface area (Å²) in [5.74, 6) is 0.179. The zero-order valence-electron chi connectivity index (χ0n) is 13.5. The van der Waals surface area contributed by atoms with Crippen molar-refractivity contribution in [2.75, 3.05) is 13.1 Å². The average Bonchev–Trinajstić information content (AvgIpc) is 3.17. The molecule has 122 valence electrons. The summed E-state index contributed by atoms with van der Waals surface area (Å²) in [7, 11) is 0. The van der Waals surface area contributed by atoms with Gasteiger partial charge in [0, 0.05) is 37.1 Å². The highest BCUT2D eigenvalue weighted by atomic mass is 16.2. The molecule has 0 saturated carbocycles. The van der Waals surface area contributed by atoms with Gasteiger partial charge in [-0.2, -0.15) is 0 Å². The Hall–Kier alpha value is -2.69. The van der Waals surface area contributed by atoms with Crippen LogP contribution in [-0.4, -0.2) is 38.4 Å². The molecule has 1 amide bonds. The first kappa shape index (κ1) is 14.9. The predicted octanol–water partition coefficient (Wildman–Crippen LogP) is 2.84. The fraction of sp³-hybridized carbons (Fsp3) is 0.316. The van der Waals surface area contributed by atoms with E-state index in [0.717, 1.165) is 42.4 Å². The molecule has 5 nitrogen and oxygen atoms in total. The van der Waals surface area contributed by atoms with Gasteiger partial charge in [-0.1, -0.05) is 24.3 Å². The van der Waals surface area contributed by atoms with Gasteiger partial charge in [-0.15, -0.1) is 0 Å². The fourth-order valence-corrected chi connectivity index (χ4v) is 3.49. The van der Waals surface area contributed by atoms with Gasteiger partial charge in [0.15, 0.2) is 0 Å². The van der Waals surface area contributed by atoms with E-state index < -0.39 is 0 Å². The monoisotopic (exact) mass is 320 g/mol. The molecule has 2 aromatic heterocycles. The van der Waals surface area contributed by atoms with E-state index in [2.05, 4.69) is 14.5 Å². The number of likely N-dealkylation sites (tertiary alicyclic amines) is 1. The van der Waals surface area contributed by atoms with Gasteiger partial charge in [0.25, 0.3) is 0 Å². The maximum atomic E-state index is 12.8. The van der Waals surface area contributed by atoms with E-state index in [-0.39, 0.29) is 5.91 Å². The number of fused-ring (bicyclic) bond motifs is 1. The third kappa shape index (κ3) is 2.89. The predicted molar refractivity (Wildman–Crippen MR) is 92.5 cm³/mol. The molecule has 1 unspecified atom stereocenters. The van der Waals surface area contributed by atoms with Gasteiger partial charge in [0.2, 0.25) is 5.91 Å². The Bertz CT molecular complexity index is 838. The maximum absolute atomic E-state index is 12.8. The molecule has 1 saturated heterocycles. The van der Waals surface area contributed by atoms with Crippen molar-refractivity contribution in [3.63, 3.8) is 0 Å². The molecule has 1 atom stereocenters. The van der Waals surface area contributed by atoms with Crippen molar-refractivity contribution >= 4 is 16.8 Å². The molecule has 3 aromatic rings. The molecule has 0 aliphatic carbocycles. The third-order valence-electron chi connectivity index (χ3n) is 4.75. The summed E-state index contributed by atoms with van der Waals surface area (Å²) >= 11 is 0. The highest BCUT2D eigenvalue weighted by Crippen LogP contribution is 2.23. The molecule has 24 heavy (non-hydrogen) atoms. The van der Waals surface area contributed by atoms with Gasteiger partial charge in [-0.25, -0.2) is 4.98 Å². The number of benzene rings is 1. The first-order chi connectivity index (χ1) is 11.8. The van der Waals surface area contributed by atoms with Gasteiger partial charge in [0.1, 0.15) is 0 Å². The number of hydrogen-bond donors (Lipinski definition) is 0. The summed E-state index contributed by atoms with van der Waals surface area (Å²) in [5.41, 5.74) is 1.93. The molecule has 3 heterocycles. The zero-order valence-corrected chi connectivity index (χ0v) is 13.5. The number of nitrogens with zero attached hydrogens (tertiary/aromatic N) is 4. The van der Waals surface area contributed by atoms with Gasteiger partial charge >= 0.3 is 0 Å². The second-order valence-electron chi connectivity index (χ2n) is 6.31. The van der Waals surface area contributed by atoms with Crippen molar-refractivity contribution < 1.29 is 4.79 Å². The van der Waals surface area contributed by atoms with E-state index in [1.165, 1.54) is 0 Å². The number of imidazole rings is 1. The number of pyridine rings is 1. The largest absolute Gasteiger partial charge is 0.340 e. The summed E-state index contributed by atoms with van der Waals surface area (Å²) in [6.45, 7) is 1.59. The van der Waals surface area contributed by atoms with Crippen molar-refractivity contribution in [1.82, 2.24) is 19.4 Å². The molecule has 1 fully saturated rings. The van der Waals surface area contributed by atoms with Crippen LogP contribution in [0.1, 0.15) is 24.4 Å². The van der Waals surface area contributed by atoms with Crippen molar-refractivity contribution in [2.24, 2.45) is 0 Å². The second-order valence-corrected chi connectivity index (χ2v) is 6.31. The normalized spacial score (nSPS) is 18.0. The Morgan fingerprint density at radius 3 is 3.00 bits per heavy atom. The quantitative estimate of drug-likeness (QED) is 0.745. The molecular weight excluding hydrogens is 300 g/mol. The highest BCUT2D eigenvalue weighted by molar-refractivity contribution is 5.87. The smallest absolute Gasteiger partial charge is 0.227 e. The summed E-state index contributed by atoms with van der Waals surface area (Å²) in [5, 5.41) is 1.08. The van der Waals surface area contributed by atoms with E-state index in [9.17, 15) is 4.79 Å². The lowest BCUT2D eigenvalue weighted by atomic mass is 10.0. The molecule has 1 aliphatic heterocycles. The maximum Gasteiger partial charge on any atom is 0.227 e. The van der Waals surface area contributed by atoms with Crippen LogP contribution in [0.2, 0.25) is 0 Å². The third-order valence-corrected chi connectivity index (χ3v) is 4.75. The number of aromatic nitrogens is 3. The number of carbonyl (C=O) groups is 1. The summed E-state index contributed by atoms with van der Waals surface area (Å²) in [6.07, 6.45) is 9.93. The van der Waals surface area contributed by atoms with Crippen LogP contribution < -0.4 is 0 Å². The van der Waals surface area contributed by atoms with Crippen molar-refractivity contribution in [3.8, 4) is 0 Å². The van der Waals surface area contributed by atoms with Gasteiger partial charge < -0.3 is 9.47 Å². The molecule has 1 aliphatic rings. The van der Waals surface area contributed by atoms with Crippen molar-refractivity contribution in [2.45, 2.75) is 25.3 Å². The molecule has 0 bridgehead atoms. The highest BCUT2D eigenvalue weighted by Gasteiger charge is 2.24. The Morgan fingerprint density at radius 1 is 1.21 bits per heavy atom. The topological polar surface area (TPSA) is 51.0 Å². The number of carbonyl (C=O) groups excluding carboxylic acids is 1. The Kier molecular flexibility index (Phi) is 3.99. The summed E-state index contributed by atoms with van der Waals surface area (Å²) in [4.78, 5) is 23.4. The molecule has 0 N–H and O–H groups in total. The Morgan fingerprint density at radius 2 is 2.12 bits per heavy atom. The molecule has 0 radical (unpaired) electrons. The number of para-hydroxylation sites is 1. The lowest BCUT2D eigenvalue weighted by Gasteiger charge is -2.33. The van der Waals surface area contributed by atoms with E-state index in [1.54, 1.807) is 12.4 Å². The summed E-state index contributed by atoms with van der Waals surface area (Å²) in [6, 6.07) is 10.3. The van der Waals surface area contributed by atoms with Gasteiger partial charge in [0.05, 0.1) is 24.3 Å². The number of rotatable bonds is 3. The minimum Gasteiger partial charge on any atom is -0.340 e. The Labute approximate surface area is 140 Å². The van der Waals surface area contributed by atoms with E-state index in [4.69, 9.17) is 0 Å².